The second-order valence-electron chi connectivity index (χ2n) is 9.64. The third-order valence-electron chi connectivity index (χ3n) is 7.28. The number of methoxy groups -OCH3 is 2. The Kier molecular flexibility index (Phi) is 8.30. The van der Waals surface area contributed by atoms with Crippen molar-refractivity contribution in [3.8, 4) is 11.5 Å². The number of amides is 3. The Labute approximate surface area is 235 Å². The van der Waals surface area contributed by atoms with Crippen LogP contribution in [-0.4, -0.2) is 55.6 Å². The van der Waals surface area contributed by atoms with Crippen molar-refractivity contribution >= 4 is 11.9 Å². The molecule has 5 rings (SSSR count). The summed E-state index contributed by atoms with van der Waals surface area (Å²) in [5.74, 6) is 0.934. The SMILES string of the molecule is COc1ccc(C(=O)N2CCN(C(=O)NC(c3ccccc3)c3ccccc3)CC2c2ccccc2)cc1OC. The summed E-state index contributed by atoms with van der Waals surface area (Å²) in [7, 11) is 3.11. The molecule has 7 heteroatoms. The lowest BCUT2D eigenvalue weighted by molar-refractivity contribution is 0.0504. The van der Waals surface area contributed by atoms with E-state index in [2.05, 4.69) is 5.32 Å². The molecule has 0 aromatic heterocycles. The van der Waals surface area contributed by atoms with Gasteiger partial charge in [-0.05, 0) is 34.9 Å². The van der Waals surface area contributed by atoms with Crippen molar-refractivity contribution < 1.29 is 19.1 Å². The van der Waals surface area contributed by atoms with Crippen molar-refractivity contribution in [3.05, 3.63) is 131 Å². The first kappa shape index (κ1) is 26.8. The number of carbonyl (C=O) groups is 2. The maximum atomic E-state index is 13.8. The molecule has 1 atom stereocenters. The van der Waals surface area contributed by atoms with E-state index in [1.165, 1.54) is 0 Å². The number of hydrogen-bond acceptors (Lipinski definition) is 4. The zero-order chi connectivity index (χ0) is 27.9. The van der Waals surface area contributed by atoms with Crippen molar-refractivity contribution in [2.75, 3.05) is 33.9 Å². The van der Waals surface area contributed by atoms with Gasteiger partial charge in [-0.2, -0.15) is 0 Å². The van der Waals surface area contributed by atoms with Gasteiger partial charge in [-0.15, -0.1) is 0 Å². The molecule has 1 fully saturated rings. The predicted molar refractivity (Wildman–Crippen MR) is 155 cm³/mol. The van der Waals surface area contributed by atoms with Crippen molar-refractivity contribution in [1.29, 1.82) is 0 Å². The van der Waals surface area contributed by atoms with E-state index in [1.54, 1.807) is 37.3 Å². The first-order chi connectivity index (χ1) is 19.6. The first-order valence-corrected chi connectivity index (χ1v) is 13.3. The topological polar surface area (TPSA) is 71.1 Å². The highest BCUT2D eigenvalue weighted by atomic mass is 16.5. The number of benzene rings is 4. The van der Waals surface area contributed by atoms with E-state index in [0.717, 1.165) is 16.7 Å². The molecular weight excluding hydrogens is 502 g/mol. The Morgan fingerprint density at radius 3 is 1.90 bits per heavy atom. The van der Waals surface area contributed by atoms with Gasteiger partial charge < -0.3 is 24.6 Å². The minimum Gasteiger partial charge on any atom is -0.493 e. The fraction of sp³-hybridized carbons (Fsp3) is 0.212. The van der Waals surface area contributed by atoms with Gasteiger partial charge >= 0.3 is 6.03 Å². The molecule has 1 heterocycles. The number of piperazine rings is 1. The van der Waals surface area contributed by atoms with Gasteiger partial charge in [-0.3, -0.25) is 4.79 Å². The molecule has 1 N–H and O–H groups in total. The monoisotopic (exact) mass is 535 g/mol. The van der Waals surface area contributed by atoms with Crippen molar-refractivity contribution in [2.24, 2.45) is 0 Å². The number of ether oxygens (including phenoxy) is 2. The lowest BCUT2D eigenvalue weighted by Crippen LogP contribution is -2.55. The summed E-state index contributed by atoms with van der Waals surface area (Å²) in [5.41, 5.74) is 3.48. The van der Waals surface area contributed by atoms with E-state index in [0.29, 0.717) is 36.7 Å². The summed E-state index contributed by atoms with van der Waals surface area (Å²) in [6, 6.07) is 34.2. The molecule has 3 amide bonds. The van der Waals surface area contributed by atoms with Gasteiger partial charge in [0.1, 0.15) is 0 Å². The second kappa shape index (κ2) is 12.4. The number of urea groups is 1. The van der Waals surface area contributed by atoms with E-state index in [9.17, 15) is 9.59 Å². The van der Waals surface area contributed by atoms with Gasteiger partial charge in [0.05, 0.1) is 26.3 Å². The molecule has 1 saturated heterocycles. The van der Waals surface area contributed by atoms with Crippen LogP contribution in [0.3, 0.4) is 0 Å². The van der Waals surface area contributed by atoms with Crippen LogP contribution in [0.25, 0.3) is 0 Å². The third-order valence-corrected chi connectivity index (χ3v) is 7.28. The normalized spacial score (nSPS) is 15.0. The largest absolute Gasteiger partial charge is 0.493 e. The predicted octanol–water partition coefficient (Wildman–Crippen LogP) is 5.70. The number of carbonyl (C=O) groups excluding carboxylic acids is 2. The second-order valence-corrected chi connectivity index (χ2v) is 9.64. The number of nitrogens with one attached hydrogen (secondary N) is 1. The summed E-state index contributed by atoms with van der Waals surface area (Å²) in [6.07, 6.45) is 0. The summed E-state index contributed by atoms with van der Waals surface area (Å²) >= 11 is 0. The summed E-state index contributed by atoms with van der Waals surface area (Å²) in [6.45, 7) is 1.16. The fourth-order valence-corrected chi connectivity index (χ4v) is 5.17. The molecular formula is C33H33N3O4. The quantitative estimate of drug-likeness (QED) is 0.330. The minimum atomic E-state index is -0.312. The van der Waals surface area contributed by atoms with Crippen LogP contribution in [0, 0.1) is 0 Å². The molecule has 0 saturated carbocycles. The van der Waals surface area contributed by atoms with Gasteiger partial charge in [-0.1, -0.05) is 91.0 Å². The highest BCUT2D eigenvalue weighted by molar-refractivity contribution is 5.95. The number of nitrogens with zero attached hydrogens (tertiary/aromatic N) is 2. The lowest BCUT2D eigenvalue weighted by Gasteiger charge is -2.42. The Hall–Kier alpha value is -4.78. The summed E-state index contributed by atoms with van der Waals surface area (Å²) in [4.78, 5) is 31.1. The standard InChI is InChI=1S/C33H33N3O4/c1-39-29-19-18-27(22-30(29)40-2)32(37)36-21-20-35(23-28(36)24-12-6-3-7-13-24)33(38)34-31(25-14-8-4-9-15-25)26-16-10-5-11-17-26/h3-19,22,28,31H,20-21,23H2,1-2H3,(H,34,38). The Bertz CT molecular complexity index is 1390. The highest BCUT2D eigenvalue weighted by Crippen LogP contribution is 2.32. The van der Waals surface area contributed by atoms with E-state index in [1.807, 2.05) is 95.9 Å². The van der Waals surface area contributed by atoms with Crippen molar-refractivity contribution in [2.45, 2.75) is 12.1 Å². The fourth-order valence-electron chi connectivity index (χ4n) is 5.17. The van der Waals surface area contributed by atoms with Crippen LogP contribution in [0.4, 0.5) is 4.79 Å². The van der Waals surface area contributed by atoms with Crippen molar-refractivity contribution in [1.82, 2.24) is 15.1 Å². The van der Waals surface area contributed by atoms with Gasteiger partial charge in [0.15, 0.2) is 11.5 Å². The molecule has 0 spiro atoms. The molecule has 40 heavy (non-hydrogen) atoms. The van der Waals surface area contributed by atoms with Crippen LogP contribution in [0.2, 0.25) is 0 Å². The maximum Gasteiger partial charge on any atom is 0.318 e. The number of rotatable bonds is 7. The molecule has 4 aromatic rings. The highest BCUT2D eigenvalue weighted by Gasteiger charge is 2.35. The minimum absolute atomic E-state index is 0.124. The van der Waals surface area contributed by atoms with Crippen LogP contribution < -0.4 is 14.8 Å². The van der Waals surface area contributed by atoms with Gasteiger partial charge in [0.25, 0.3) is 5.91 Å². The van der Waals surface area contributed by atoms with Gasteiger partial charge in [0, 0.05) is 25.2 Å². The average molecular weight is 536 g/mol. The van der Waals surface area contributed by atoms with E-state index >= 15 is 0 Å². The molecule has 1 unspecified atom stereocenters. The van der Waals surface area contributed by atoms with E-state index in [-0.39, 0.29) is 24.0 Å². The van der Waals surface area contributed by atoms with Crippen LogP contribution >= 0.6 is 0 Å². The Morgan fingerprint density at radius 2 is 1.32 bits per heavy atom. The van der Waals surface area contributed by atoms with Gasteiger partial charge in [0.2, 0.25) is 0 Å². The first-order valence-electron chi connectivity index (χ1n) is 13.3. The van der Waals surface area contributed by atoms with Crippen molar-refractivity contribution in [3.63, 3.8) is 0 Å². The Balaban J connectivity index is 1.40. The molecule has 1 aliphatic rings. The maximum absolute atomic E-state index is 13.8. The van der Waals surface area contributed by atoms with E-state index < -0.39 is 0 Å². The lowest BCUT2D eigenvalue weighted by atomic mass is 9.98. The molecule has 4 aromatic carbocycles. The van der Waals surface area contributed by atoms with Crippen LogP contribution in [0.15, 0.2) is 109 Å². The molecule has 0 radical (unpaired) electrons. The Morgan fingerprint density at radius 1 is 0.750 bits per heavy atom. The molecule has 1 aliphatic heterocycles. The number of hydrogen-bond donors (Lipinski definition) is 1. The smallest absolute Gasteiger partial charge is 0.318 e. The molecule has 7 nitrogen and oxygen atoms in total. The van der Waals surface area contributed by atoms with E-state index in [4.69, 9.17) is 9.47 Å². The third kappa shape index (κ3) is 5.78. The van der Waals surface area contributed by atoms with Crippen LogP contribution in [0.1, 0.15) is 39.1 Å². The summed E-state index contributed by atoms with van der Waals surface area (Å²) < 4.78 is 10.8. The molecule has 0 aliphatic carbocycles. The zero-order valence-corrected chi connectivity index (χ0v) is 22.7. The van der Waals surface area contributed by atoms with Gasteiger partial charge in [-0.25, -0.2) is 4.79 Å². The molecule has 0 bridgehead atoms. The summed E-state index contributed by atoms with van der Waals surface area (Å²) in [5, 5.41) is 3.25. The van der Waals surface area contributed by atoms with Crippen LogP contribution in [0.5, 0.6) is 11.5 Å². The average Bonchev–Trinajstić information content (AvgIpc) is 3.03. The van der Waals surface area contributed by atoms with Crippen LogP contribution in [-0.2, 0) is 0 Å². The zero-order valence-electron chi connectivity index (χ0n) is 22.7. The molecule has 204 valence electrons.